The molecule has 5 nitrogen and oxygen atoms in total. The fourth-order valence-corrected chi connectivity index (χ4v) is 4.71. The zero-order valence-corrected chi connectivity index (χ0v) is 16.6. The van der Waals surface area contributed by atoms with Gasteiger partial charge >= 0.3 is 5.97 Å². The van der Waals surface area contributed by atoms with Gasteiger partial charge in [-0.15, -0.1) is 11.8 Å². The minimum atomic E-state index is -1.07. The summed E-state index contributed by atoms with van der Waals surface area (Å²) < 4.78 is 19.1. The van der Waals surface area contributed by atoms with Gasteiger partial charge in [-0.05, 0) is 54.1 Å². The molecule has 1 amide bonds. The van der Waals surface area contributed by atoms with Gasteiger partial charge in [-0.1, -0.05) is 30.3 Å². The van der Waals surface area contributed by atoms with Gasteiger partial charge < -0.3 is 14.7 Å². The molecule has 0 spiro atoms. The molecule has 3 aromatic carbocycles. The normalized spacial score (nSPS) is 18.2. The van der Waals surface area contributed by atoms with Crippen LogP contribution in [0.3, 0.4) is 0 Å². The van der Waals surface area contributed by atoms with E-state index in [1.165, 1.54) is 40.9 Å². The molecular formula is C23H18FNO4S. The molecule has 1 N–H and O–H groups in total. The molecule has 0 aromatic heterocycles. The largest absolute Gasteiger partial charge is 0.480 e. The first-order chi connectivity index (χ1) is 14.5. The Hall–Kier alpha value is -3.32. The van der Waals surface area contributed by atoms with E-state index in [-0.39, 0.29) is 11.3 Å². The smallest absolute Gasteiger partial charge is 0.327 e. The van der Waals surface area contributed by atoms with Crippen LogP contribution in [0.25, 0.3) is 0 Å². The molecule has 2 unspecified atom stereocenters. The lowest BCUT2D eigenvalue weighted by molar-refractivity contribution is -0.141. The highest BCUT2D eigenvalue weighted by atomic mass is 32.2. The second-order valence-corrected chi connectivity index (χ2v) is 7.86. The molecule has 1 saturated heterocycles. The quantitative estimate of drug-likeness (QED) is 0.628. The van der Waals surface area contributed by atoms with Gasteiger partial charge in [-0.25, -0.2) is 9.18 Å². The molecule has 1 fully saturated rings. The number of hydrogen-bond donors (Lipinski definition) is 1. The number of thioether (sulfide) groups is 1. The van der Waals surface area contributed by atoms with Crippen molar-refractivity contribution in [3.05, 3.63) is 95.8 Å². The highest BCUT2D eigenvalue weighted by Crippen LogP contribution is 2.43. The van der Waals surface area contributed by atoms with Gasteiger partial charge in [0.05, 0.1) is 0 Å². The number of carbonyl (C=O) groups excluding carboxylic acids is 1. The van der Waals surface area contributed by atoms with Crippen LogP contribution in [0.2, 0.25) is 0 Å². The molecule has 0 aliphatic carbocycles. The number of ether oxygens (including phenoxy) is 1. The number of hydrogen-bond acceptors (Lipinski definition) is 4. The van der Waals surface area contributed by atoms with Crippen LogP contribution in [-0.4, -0.2) is 33.7 Å². The molecule has 0 bridgehead atoms. The second kappa shape index (κ2) is 8.59. The maximum Gasteiger partial charge on any atom is 0.327 e. The topological polar surface area (TPSA) is 66.8 Å². The summed E-state index contributed by atoms with van der Waals surface area (Å²) in [4.78, 5) is 26.3. The number of carboxylic acid groups (broad SMARTS) is 1. The SMILES string of the molecule is O=C(O)C1CSC(c2cccc(Oc3ccccc3)c2)N1C(=O)c1ccc(F)cc1. The zero-order valence-electron chi connectivity index (χ0n) is 15.8. The van der Waals surface area contributed by atoms with Crippen LogP contribution >= 0.6 is 11.8 Å². The van der Waals surface area contributed by atoms with Crippen LogP contribution in [0.5, 0.6) is 11.5 Å². The minimum absolute atomic E-state index is 0.242. The Morgan fingerprint density at radius 2 is 1.67 bits per heavy atom. The van der Waals surface area contributed by atoms with E-state index >= 15 is 0 Å². The molecule has 2 atom stereocenters. The summed E-state index contributed by atoms with van der Waals surface area (Å²) in [6.07, 6.45) is 0. The summed E-state index contributed by atoms with van der Waals surface area (Å²) in [5, 5.41) is 9.15. The second-order valence-electron chi connectivity index (χ2n) is 6.75. The zero-order chi connectivity index (χ0) is 21.1. The Bertz CT molecular complexity index is 1060. The lowest BCUT2D eigenvalue weighted by atomic mass is 10.1. The number of amides is 1. The minimum Gasteiger partial charge on any atom is -0.480 e. The molecule has 30 heavy (non-hydrogen) atoms. The number of halogens is 1. The number of aliphatic carboxylic acids is 1. The molecule has 152 valence electrons. The highest BCUT2D eigenvalue weighted by molar-refractivity contribution is 7.99. The van der Waals surface area contributed by atoms with Crippen LogP contribution in [0.1, 0.15) is 21.3 Å². The molecule has 3 aromatic rings. The highest BCUT2D eigenvalue weighted by Gasteiger charge is 2.42. The van der Waals surface area contributed by atoms with E-state index in [0.717, 1.165) is 5.56 Å². The number of carboxylic acids is 1. The fourth-order valence-electron chi connectivity index (χ4n) is 3.30. The summed E-state index contributed by atoms with van der Waals surface area (Å²) >= 11 is 1.38. The summed E-state index contributed by atoms with van der Waals surface area (Å²) in [6.45, 7) is 0. The van der Waals surface area contributed by atoms with Crippen molar-refractivity contribution in [1.82, 2.24) is 4.90 Å². The molecule has 0 saturated carbocycles. The lowest BCUT2D eigenvalue weighted by Crippen LogP contribution is -2.42. The third-order valence-corrected chi connectivity index (χ3v) is 6.06. The standard InChI is InChI=1S/C23H18FNO4S/c24-17-11-9-15(10-12-17)21(26)25-20(23(27)28)14-30-22(25)16-5-4-8-19(13-16)29-18-6-2-1-3-7-18/h1-13,20,22H,14H2,(H,27,28). The summed E-state index contributed by atoms with van der Waals surface area (Å²) in [7, 11) is 0. The van der Waals surface area contributed by atoms with E-state index in [9.17, 15) is 19.1 Å². The van der Waals surface area contributed by atoms with Crippen molar-refractivity contribution in [3.8, 4) is 11.5 Å². The molecule has 7 heteroatoms. The predicted molar refractivity (Wildman–Crippen MR) is 112 cm³/mol. The van der Waals surface area contributed by atoms with E-state index in [1.807, 2.05) is 42.5 Å². The van der Waals surface area contributed by atoms with Gasteiger partial charge in [0, 0.05) is 11.3 Å². The van der Waals surface area contributed by atoms with E-state index in [0.29, 0.717) is 11.5 Å². The first-order valence-corrected chi connectivity index (χ1v) is 10.3. The first kappa shape index (κ1) is 20.0. The summed E-state index contributed by atoms with van der Waals surface area (Å²) in [5.41, 5.74) is 1.000. The Morgan fingerprint density at radius 1 is 0.967 bits per heavy atom. The number of rotatable bonds is 5. The van der Waals surface area contributed by atoms with Gasteiger partial charge in [0.25, 0.3) is 5.91 Å². The maximum atomic E-state index is 13.3. The van der Waals surface area contributed by atoms with E-state index in [4.69, 9.17) is 4.74 Å². The van der Waals surface area contributed by atoms with Crippen molar-refractivity contribution in [2.75, 3.05) is 5.75 Å². The monoisotopic (exact) mass is 423 g/mol. The van der Waals surface area contributed by atoms with Crippen molar-refractivity contribution >= 4 is 23.6 Å². The van der Waals surface area contributed by atoms with Gasteiger partial charge in [-0.2, -0.15) is 0 Å². The third-order valence-electron chi connectivity index (χ3n) is 4.73. The average molecular weight is 423 g/mol. The molecule has 1 aliphatic rings. The van der Waals surface area contributed by atoms with E-state index < -0.39 is 29.1 Å². The van der Waals surface area contributed by atoms with Crippen LogP contribution in [0, 0.1) is 5.82 Å². The lowest BCUT2D eigenvalue weighted by Gasteiger charge is -2.28. The van der Waals surface area contributed by atoms with Crippen LogP contribution in [0.4, 0.5) is 4.39 Å². The molecule has 1 heterocycles. The van der Waals surface area contributed by atoms with Gasteiger partial charge in [0.15, 0.2) is 0 Å². The Kier molecular flexibility index (Phi) is 5.72. The Morgan fingerprint density at radius 3 is 2.37 bits per heavy atom. The van der Waals surface area contributed by atoms with Crippen LogP contribution in [0.15, 0.2) is 78.9 Å². The number of carbonyl (C=O) groups is 2. The number of nitrogens with zero attached hydrogens (tertiary/aromatic N) is 1. The van der Waals surface area contributed by atoms with Crippen molar-refractivity contribution < 1.29 is 23.8 Å². The molecular weight excluding hydrogens is 405 g/mol. The first-order valence-electron chi connectivity index (χ1n) is 9.28. The van der Waals surface area contributed by atoms with Crippen molar-refractivity contribution in [2.45, 2.75) is 11.4 Å². The number of para-hydroxylation sites is 1. The van der Waals surface area contributed by atoms with Gasteiger partial charge in [-0.3, -0.25) is 4.79 Å². The van der Waals surface area contributed by atoms with Crippen LogP contribution < -0.4 is 4.74 Å². The van der Waals surface area contributed by atoms with E-state index in [1.54, 1.807) is 12.1 Å². The Labute approximate surface area is 177 Å². The molecule has 4 rings (SSSR count). The van der Waals surface area contributed by atoms with Crippen molar-refractivity contribution in [2.24, 2.45) is 0 Å². The van der Waals surface area contributed by atoms with Gasteiger partial charge in [0.1, 0.15) is 28.7 Å². The maximum absolute atomic E-state index is 13.3. The van der Waals surface area contributed by atoms with Crippen LogP contribution in [-0.2, 0) is 4.79 Å². The predicted octanol–water partition coefficient (Wildman–Crippen LogP) is 4.96. The number of benzene rings is 3. The summed E-state index contributed by atoms with van der Waals surface area (Å²) in [5.74, 6) is -0.455. The van der Waals surface area contributed by atoms with Crippen molar-refractivity contribution in [1.29, 1.82) is 0 Å². The molecule has 1 aliphatic heterocycles. The summed E-state index contributed by atoms with van der Waals surface area (Å²) in [6, 6.07) is 20.7. The van der Waals surface area contributed by atoms with Crippen molar-refractivity contribution in [3.63, 3.8) is 0 Å². The molecule has 0 radical (unpaired) electrons. The fraction of sp³-hybridized carbons (Fsp3) is 0.130. The average Bonchev–Trinajstić information content (AvgIpc) is 3.20. The third kappa shape index (κ3) is 4.16. The van der Waals surface area contributed by atoms with E-state index in [2.05, 4.69) is 0 Å². The Balaban J connectivity index is 1.64. The van der Waals surface area contributed by atoms with Gasteiger partial charge in [0.2, 0.25) is 0 Å².